The smallest absolute Gasteiger partial charge is 0.0647 e. The first-order valence-electron chi connectivity index (χ1n) is 4.35. The highest BCUT2D eigenvalue weighted by Gasteiger charge is 2.08. The lowest BCUT2D eigenvalue weighted by Crippen LogP contribution is -2.09. The molecule has 0 N–H and O–H groups in total. The molecule has 1 nitrogen and oxygen atoms in total. The lowest BCUT2D eigenvalue weighted by molar-refractivity contribution is 0.131. The minimum Gasteiger partial charge on any atom is -0.377 e. The fraction of sp³-hybridized carbons (Fsp3) is 0.800. The molecule has 0 heterocycles. The van der Waals surface area contributed by atoms with Gasteiger partial charge in [0.1, 0.15) is 0 Å². The highest BCUT2D eigenvalue weighted by atomic mass is 35.5. The summed E-state index contributed by atoms with van der Waals surface area (Å²) >= 11 is 5.44. The van der Waals surface area contributed by atoms with Gasteiger partial charge < -0.3 is 4.74 Å². The van der Waals surface area contributed by atoms with Crippen LogP contribution in [0.3, 0.4) is 0 Å². The molecule has 0 saturated carbocycles. The average Bonchev–Trinajstić information content (AvgIpc) is 1.94. The second-order valence-electron chi connectivity index (χ2n) is 4.01. The summed E-state index contributed by atoms with van der Waals surface area (Å²) in [6.07, 6.45) is 4.95. The molecule has 0 radical (unpaired) electrons. The van der Waals surface area contributed by atoms with E-state index in [1.54, 1.807) is 0 Å². The van der Waals surface area contributed by atoms with Gasteiger partial charge in [0.05, 0.1) is 6.61 Å². The van der Waals surface area contributed by atoms with Crippen LogP contribution in [0.1, 0.15) is 27.2 Å². The van der Waals surface area contributed by atoms with Gasteiger partial charge in [-0.1, -0.05) is 32.9 Å². The second-order valence-corrected chi connectivity index (χ2v) is 4.32. The zero-order chi connectivity index (χ0) is 9.45. The van der Waals surface area contributed by atoms with Crippen LogP contribution in [0.5, 0.6) is 0 Å². The molecule has 0 aliphatic rings. The molecule has 12 heavy (non-hydrogen) atoms. The molecule has 0 atom stereocenters. The summed E-state index contributed by atoms with van der Waals surface area (Å²) in [5.74, 6) is 0.572. The van der Waals surface area contributed by atoms with E-state index in [1.165, 1.54) is 0 Å². The molecule has 0 saturated heterocycles. The van der Waals surface area contributed by atoms with Crippen LogP contribution in [0.15, 0.2) is 12.2 Å². The molecule has 0 unspecified atom stereocenters. The van der Waals surface area contributed by atoms with E-state index in [4.69, 9.17) is 16.3 Å². The monoisotopic (exact) mass is 190 g/mol. The SMILES string of the molecule is CC(C)(C)CCOCC=CCCl. The van der Waals surface area contributed by atoms with Crippen molar-refractivity contribution in [2.75, 3.05) is 19.1 Å². The fourth-order valence-corrected chi connectivity index (χ4v) is 0.787. The summed E-state index contributed by atoms with van der Waals surface area (Å²) in [6.45, 7) is 8.15. The molecule has 0 fully saturated rings. The van der Waals surface area contributed by atoms with Gasteiger partial charge in [0.25, 0.3) is 0 Å². The van der Waals surface area contributed by atoms with E-state index in [2.05, 4.69) is 20.8 Å². The van der Waals surface area contributed by atoms with Crippen LogP contribution in [0.4, 0.5) is 0 Å². The van der Waals surface area contributed by atoms with Crippen molar-refractivity contribution >= 4 is 11.6 Å². The Morgan fingerprint density at radius 3 is 2.42 bits per heavy atom. The molecular weight excluding hydrogens is 172 g/mol. The maximum atomic E-state index is 5.44. The summed E-state index contributed by atoms with van der Waals surface area (Å²) in [5.41, 5.74) is 0.371. The van der Waals surface area contributed by atoms with Gasteiger partial charge in [-0.3, -0.25) is 0 Å². The second kappa shape index (κ2) is 6.50. The third-order valence-electron chi connectivity index (χ3n) is 1.47. The number of allylic oxidation sites excluding steroid dienone is 1. The van der Waals surface area contributed by atoms with E-state index in [0.717, 1.165) is 13.0 Å². The van der Waals surface area contributed by atoms with Gasteiger partial charge in [0.15, 0.2) is 0 Å². The number of halogens is 1. The van der Waals surface area contributed by atoms with Gasteiger partial charge >= 0.3 is 0 Å². The van der Waals surface area contributed by atoms with Gasteiger partial charge in [0, 0.05) is 12.5 Å². The van der Waals surface area contributed by atoms with Crippen molar-refractivity contribution in [2.45, 2.75) is 27.2 Å². The van der Waals surface area contributed by atoms with Crippen molar-refractivity contribution in [1.29, 1.82) is 0 Å². The molecule has 0 aromatic rings. The van der Waals surface area contributed by atoms with E-state index in [0.29, 0.717) is 17.9 Å². The first-order chi connectivity index (χ1) is 5.56. The van der Waals surface area contributed by atoms with Crippen LogP contribution in [-0.4, -0.2) is 19.1 Å². The first-order valence-corrected chi connectivity index (χ1v) is 4.88. The van der Waals surface area contributed by atoms with Crippen molar-refractivity contribution in [3.05, 3.63) is 12.2 Å². The molecule has 0 rings (SSSR count). The molecule has 0 spiro atoms. The van der Waals surface area contributed by atoms with Crippen LogP contribution < -0.4 is 0 Å². The third-order valence-corrected chi connectivity index (χ3v) is 1.64. The van der Waals surface area contributed by atoms with Crippen molar-refractivity contribution in [3.8, 4) is 0 Å². The number of alkyl halides is 1. The third kappa shape index (κ3) is 9.99. The van der Waals surface area contributed by atoms with Gasteiger partial charge in [-0.15, -0.1) is 11.6 Å². The van der Waals surface area contributed by atoms with E-state index < -0.39 is 0 Å². The molecule has 0 aromatic heterocycles. The van der Waals surface area contributed by atoms with E-state index >= 15 is 0 Å². The molecule has 0 bridgehead atoms. The van der Waals surface area contributed by atoms with Gasteiger partial charge in [0.2, 0.25) is 0 Å². The lowest BCUT2D eigenvalue weighted by Gasteiger charge is -2.17. The van der Waals surface area contributed by atoms with E-state index in [9.17, 15) is 0 Å². The molecule has 2 heteroatoms. The topological polar surface area (TPSA) is 9.23 Å². The summed E-state index contributed by atoms with van der Waals surface area (Å²) in [7, 11) is 0. The summed E-state index contributed by atoms with van der Waals surface area (Å²) < 4.78 is 5.37. The maximum absolute atomic E-state index is 5.44. The Morgan fingerprint density at radius 2 is 1.92 bits per heavy atom. The Labute approximate surface area is 80.8 Å². The van der Waals surface area contributed by atoms with Gasteiger partial charge in [-0.25, -0.2) is 0 Å². The molecule has 0 aliphatic carbocycles. The molecule has 0 amide bonds. The Balaban J connectivity index is 3.17. The highest BCUT2D eigenvalue weighted by Crippen LogP contribution is 2.17. The van der Waals surface area contributed by atoms with Crippen LogP contribution in [0.25, 0.3) is 0 Å². The molecule has 72 valence electrons. The van der Waals surface area contributed by atoms with Crippen LogP contribution >= 0.6 is 11.6 Å². The Kier molecular flexibility index (Phi) is 6.49. The van der Waals surface area contributed by atoms with Crippen molar-refractivity contribution in [2.24, 2.45) is 5.41 Å². The highest BCUT2D eigenvalue weighted by molar-refractivity contribution is 6.18. The van der Waals surface area contributed by atoms with E-state index in [-0.39, 0.29) is 0 Å². The fourth-order valence-electron chi connectivity index (χ4n) is 0.661. The van der Waals surface area contributed by atoms with Crippen molar-refractivity contribution in [1.82, 2.24) is 0 Å². The standard InChI is InChI=1S/C10H19ClO/c1-10(2,3)6-9-12-8-5-4-7-11/h4-5H,6-9H2,1-3H3. The molecule has 0 aromatic carbocycles. The number of ether oxygens (including phenoxy) is 1. The number of rotatable bonds is 5. The normalized spacial score (nSPS) is 12.7. The Hall–Kier alpha value is -0.0100. The van der Waals surface area contributed by atoms with E-state index in [1.807, 2.05) is 12.2 Å². The number of hydrogen-bond donors (Lipinski definition) is 0. The Morgan fingerprint density at radius 1 is 1.25 bits per heavy atom. The summed E-state index contributed by atoms with van der Waals surface area (Å²) in [5, 5.41) is 0. The average molecular weight is 191 g/mol. The quantitative estimate of drug-likeness (QED) is 0.368. The van der Waals surface area contributed by atoms with Gasteiger partial charge in [-0.2, -0.15) is 0 Å². The molecular formula is C10H19ClO. The predicted octanol–water partition coefficient (Wildman–Crippen LogP) is 3.23. The van der Waals surface area contributed by atoms with Crippen LogP contribution in [-0.2, 0) is 4.74 Å². The maximum Gasteiger partial charge on any atom is 0.0647 e. The van der Waals surface area contributed by atoms with Crippen molar-refractivity contribution in [3.63, 3.8) is 0 Å². The predicted molar refractivity (Wildman–Crippen MR) is 54.8 cm³/mol. The van der Waals surface area contributed by atoms with Gasteiger partial charge in [-0.05, 0) is 11.8 Å². The van der Waals surface area contributed by atoms with Crippen LogP contribution in [0, 0.1) is 5.41 Å². The zero-order valence-corrected chi connectivity index (χ0v) is 9.03. The molecule has 0 aliphatic heterocycles. The zero-order valence-electron chi connectivity index (χ0n) is 8.27. The number of hydrogen-bond acceptors (Lipinski definition) is 1. The Bertz CT molecular complexity index is 124. The summed E-state index contributed by atoms with van der Waals surface area (Å²) in [4.78, 5) is 0. The van der Waals surface area contributed by atoms with Crippen LogP contribution in [0.2, 0.25) is 0 Å². The minimum absolute atomic E-state index is 0.371. The lowest BCUT2D eigenvalue weighted by atomic mass is 9.93. The minimum atomic E-state index is 0.371. The summed E-state index contributed by atoms with van der Waals surface area (Å²) in [6, 6.07) is 0. The van der Waals surface area contributed by atoms with Crippen molar-refractivity contribution < 1.29 is 4.74 Å². The largest absolute Gasteiger partial charge is 0.377 e. The first kappa shape index (κ1) is 12.0.